The van der Waals surface area contributed by atoms with Crippen LogP contribution in [-0.2, 0) is 4.79 Å². The average Bonchev–Trinajstić information content (AvgIpc) is 2.76. The summed E-state index contributed by atoms with van der Waals surface area (Å²) in [6.07, 6.45) is 3.91. The Morgan fingerprint density at radius 1 is 1.40 bits per heavy atom. The van der Waals surface area contributed by atoms with Crippen LogP contribution < -0.4 is 10.6 Å². The first-order valence-electron chi connectivity index (χ1n) is 7.24. The Bertz CT molecular complexity index is 450. The summed E-state index contributed by atoms with van der Waals surface area (Å²) in [5, 5.41) is 0. The lowest BCUT2D eigenvalue weighted by atomic mass is 9.99. The van der Waals surface area contributed by atoms with Crippen LogP contribution in [0.5, 0.6) is 0 Å². The van der Waals surface area contributed by atoms with Crippen molar-refractivity contribution < 1.29 is 4.79 Å². The number of nitrogens with zero attached hydrogens (tertiary/aromatic N) is 1. The largest absolute Gasteiger partial charge is 0.327 e. The number of anilines is 1. The first-order valence-corrected chi connectivity index (χ1v) is 7.24. The van der Waals surface area contributed by atoms with Crippen molar-refractivity contribution in [1.82, 2.24) is 0 Å². The van der Waals surface area contributed by atoms with Crippen molar-refractivity contribution in [3.63, 3.8) is 0 Å². The van der Waals surface area contributed by atoms with Crippen LogP contribution in [0.15, 0.2) is 24.3 Å². The smallest absolute Gasteiger partial charge is 0.227 e. The van der Waals surface area contributed by atoms with E-state index in [1.807, 2.05) is 24.0 Å². The number of halogens is 1. The summed E-state index contributed by atoms with van der Waals surface area (Å²) >= 11 is 0. The summed E-state index contributed by atoms with van der Waals surface area (Å²) in [6.45, 7) is 4.79. The second-order valence-corrected chi connectivity index (χ2v) is 5.54. The molecule has 0 radical (unpaired) electrons. The molecule has 0 aromatic heterocycles. The molecule has 2 N–H and O–H groups in total. The predicted octanol–water partition coefficient (Wildman–Crippen LogP) is 3.29. The Morgan fingerprint density at radius 2 is 2.15 bits per heavy atom. The molecular weight excluding hydrogens is 272 g/mol. The highest BCUT2D eigenvalue weighted by molar-refractivity contribution is 5.93. The van der Waals surface area contributed by atoms with E-state index in [9.17, 15) is 4.79 Å². The number of aryl methyl sites for hydroxylation is 1. The Labute approximate surface area is 127 Å². The van der Waals surface area contributed by atoms with Crippen molar-refractivity contribution in [2.45, 2.75) is 45.6 Å². The minimum absolute atomic E-state index is 0. The molecule has 0 bridgehead atoms. The molecule has 1 aliphatic rings. The maximum absolute atomic E-state index is 12.5. The molecule has 0 spiro atoms. The second kappa shape index (κ2) is 7.65. The van der Waals surface area contributed by atoms with Gasteiger partial charge in [-0.25, -0.2) is 0 Å². The minimum Gasteiger partial charge on any atom is -0.327 e. The Kier molecular flexibility index (Phi) is 6.50. The van der Waals surface area contributed by atoms with Gasteiger partial charge in [0.1, 0.15) is 0 Å². The van der Waals surface area contributed by atoms with E-state index in [0.717, 1.165) is 24.9 Å². The van der Waals surface area contributed by atoms with Gasteiger partial charge >= 0.3 is 0 Å². The summed E-state index contributed by atoms with van der Waals surface area (Å²) in [4.78, 5) is 14.3. The molecule has 1 amide bonds. The van der Waals surface area contributed by atoms with Crippen LogP contribution in [0.1, 0.15) is 38.2 Å². The zero-order chi connectivity index (χ0) is 13.8. The zero-order valence-electron chi connectivity index (χ0n) is 12.3. The van der Waals surface area contributed by atoms with Gasteiger partial charge in [0.15, 0.2) is 0 Å². The lowest BCUT2D eigenvalue weighted by Crippen LogP contribution is -2.35. The fourth-order valence-corrected chi connectivity index (χ4v) is 2.95. The number of amides is 1. The number of nitrogens with two attached hydrogens (primary N) is 1. The SMILES string of the molecule is CCN(C(=O)C[C@@H]1CCC[C@H]1N)c1cccc(C)c1.Cl. The van der Waals surface area contributed by atoms with E-state index < -0.39 is 0 Å². The molecule has 1 saturated carbocycles. The van der Waals surface area contributed by atoms with Crippen molar-refractivity contribution in [3.8, 4) is 0 Å². The summed E-state index contributed by atoms with van der Waals surface area (Å²) in [5.74, 6) is 0.571. The first-order chi connectivity index (χ1) is 9.11. The fourth-order valence-electron chi connectivity index (χ4n) is 2.95. The third kappa shape index (κ3) is 3.97. The predicted molar refractivity (Wildman–Crippen MR) is 86.4 cm³/mol. The van der Waals surface area contributed by atoms with Gasteiger partial charge in [-0.2, -0.15) is 0 Å². The van der Waals surface area contributed by atoms with Crippen LogP contribution in [0.25, 0.3) is 0 Å². The topological polar surface area (TPSA) is 46.3 Å². The van der Waals surface area contributed by atoms with Crippen LogP contribution in [0.4, 0.5) is 5.69 Å². The molecule has 112 valence electrons. The Hall–Kier alpha value is -1.06. The molecule has 0 heterocycles. The van der Waals surface area contributed by atoms with E-state index in [2.05, 4.69) is 19.1 Å². The number of hydrogen-bond donors (Lipinski definition) is 1. The highest BCUT2D eigenvalue weighted by Crippen LogP contribution is 2.28. The van der Waals surface area contributed by atoms with Crippen molar-refractivity contribution in [1.29, 1.82) is 0 Å². The van der Waals surface area contributed by atoms with Gasteiger partial charge in [-0.15, -0.1) is 12.4 Å². The maximum Gasteiger partial charge on any atom is 0.227 e. The standard InChI is InChI=1S/C16H24N2O.ClH/c1-3-18(14-8-4-6-12(2)10-14)16(19)11-13-7-5-9-15(13)17;/h4,6,8,10,13,15H,3,5,7,9,11,17H2,1-2H3;1H/t13-,15+;/m0./s1. The molecule has 0 aliphatic heterocycles. The van der Waals surface area contributed by atoms with Gasteiger partial charge in [0.05, 0.1) is 0 Å². The molecule has 20 heavy (non-hydrogen) atoms. The third-order valence-corrected chi connectivity index (χ3v) is 4.09. The second-order valence-electron chi connectivity index (χ2n) is 5.54. The zero-order valence-corrected chi connectivity index (χ0v) is 13.2. The molecular formula is C16H25ClN2O. The molecule has 0 unspecified atom stereocenters. The van der Waals surface area contributed by atoms with E-state index in [0.29, 0.717) is 18.9 Å². The maximum atomic E-state index is 12.5. The van der Waals surface area contributed by atoms with Crippen molar-refractivity contribution >= 4 is 24.0 Å². The molecule has 2 atom stereocenters. The van der Waals surface area contributed by atoms with Gasteiger partial charge < -0.3 is 10.6 Å². The lowest BCUT2D eigenvalue weighted by Gasteiger charge is -2.24. The molecule has 1 aromatic rings. The Balaban J connectivity index is 0.00000200. The average molecular weight is 297 g/mol. The van der Waals surface area contributed by atoms with E-state index in [1.165, 1.54) is 5.56 Å². The summed E-state index contributed by atoms with van der Waals surface area (Å²) in [5.41, 5.74) is 8.24. The summed E-state index contributed by atoms with van der Waals surface area (Å²) in [6, 6.07) is 8.33. The molecule has 1 fully saturated rings. The fraction of sp³-hybridized carbons (Fsp3) is 0.562. The van der Waals surface area contributed by atoms with Crippen molar-refractivity contribution in [3.05, 3.63) is 29.8 Å². The minimum atomic E-state index is 0. The molecule has 1 aliphatic carbocycles. The Morgan fingerprint density at radius 3 is 2.70 bits per heavy atom. The van der Waals surface area contributed by atoms with Crippen LogP contribution in [0.2, 0.25) is 0 Å². The van der Waals surface area contributed by atoms with E-state index in [4.69, 9.17) is 5.73 Å². The van der Waals surface area contributed by atoms with Crippen molar-refractivity contribution in [2.75, 3.05) is 11.4 Å². The molecule has 1 aromatic carbocycles. The van der Waals surface area contributed by atoms with Gasteiger partial charge in [0, 0.05) is 24.7 Å². The molecule has 2 rings (SSSR count). The number of hydrogen-bond acceptors (Lipinski definition) is 2. The number of benzene rings is 1. The van der Waals surface area contributed by atoms with Crippen LogP contribution >= 0.6 is 12.4 Å². The quantitative estimate of drug-likeness (QED) is 0.927. The molecule has 3 nitrogen and oxygen atoms in total. The van der Waals surface area contributed by atoms with E-state index in [1.54, 1.807) is 0 Å². The van der Waals surface area contributed by atoms with Gasteiger partial charge in [-0.1, -0.05) is 18.6 Å². The number of carbonyl (C=O) groups excluding carboxylic acids is 1. The normalized spacial score (nSPS) is 21.4. The number of carbonyl (C=O) groups is 1. The first kappa shape index (κ1) is 17.0. The monoisotopic (exact) mass is 296 g/mol. The van der Waals surface area contributed by atoms with E-state index in [-0.39, 0.29) is 24.4 Å². The van der Waals surface area contributed by atoms with Crippen LogP contribution in [0.3, 0.4) is 0 Å². The van der Waals surface area contributed by atoms with E-state index >= 15 is 0 Å². The molecule has 4 heteroatoms. The summed E-state index contributed by atoms with van der Waals surface area (Å²) < 4.78 is 0. The van der Waals surface area contributed by atoms with Crippen LogP contribution in [-0.4, -0.2) is 18.5 Å². The van der Waals surface area contributed by atoms with Gasteiger partial charge in [-0.05, 0) is 50.3 Å². The highest BCUT2D eigenvalue weighted by Gasteiger charge is 2.28. The van der Waals surface area contributed by atoms with Crippen molar-refractivity contribution in [2.24, 2.45) is 11.7 Å². The molecule has 0 saturated heterocycles. The van der Waals surface area contributed by atoms with Gasteiger partial charge in [0.25, 0.3) is 0 Å². The highest BCUT2D eigenvalue weighted by atomic mass is 35.5. The third-order valence-electron chi connectivity index (χ3n) is 4.09. The van der Waals surface area contributed by atoms with Gasteiger partial charge in [-0.3, -0.25) is 4.79 Å². The van der Waals surface area contributed by atoms with Crippen LogP contribution in [0, 0.1) is 12.8 Å². The lowest BCUT2D eigenvalue weighted by molar-refractivity contribution is -0.119. The van der Waals surface area contributed by atoms with Gasteiger partial charge in [0.2, 0.25) is 5.91 Å². The number of rotatable bonds is 4. The summed E-state index contributed by atoms with van der Waals surface area (Å²) in [7, 11) is 0.